The second-order valence-electron chi connectivity index (χ2n) is 2.88. The van der Waals surface area contributed by atoms with Gasteiger partial charge in [-0.15, -0.1) is 0 Å². The number of carboxylic acids is 1. The molecule has 1 N–H and O–H groups in total. The van der Waals surface area contributed by atoms with E-state index in [1.54, 1.807) is 0 Å². The van der Waals surface area contributed by atoms with E-state index in [0.29, 0.717) is 18.3 Å². The molecule has 0 saturated heterocycles. The van der Waals surface area contributed by atoms with E-state index in [1.807, 2.05) is 0 Å². The standard InChI is InChI=1S/C8H12O2/c1-6-3-2-4-7(6)5-8(9)10/h2-3,6-7H,4-5H2,1H3,(H,9,10). The molecule has 0 aromatic rings. The third-order valence-electron chi connectivity index (χ3n) is 2.06. The molecule has 56 valence electrons. The lowest BCUT2D eigenvalue weighted by atomic mass is 9.94. The molecule has 1 aliphatic carbocycles. The average Bonchev–Trinajstić information content (AvgIpc) is 2.15. The molecule has 0 heterocycles. The fourth-order valence-electron chi connectivity index (χ4n) is 1.33. The summed E-state index contributed by atoms with van der Waals surface area (Å²) in [5.74, 6) is 0.120. The largest absolute Gasteiger partial charge is 0.481 e. The lowest BCUT2D eigenvalue weighted by Gasteiger charge is -2.10. The molecule has 0 spiro atoms. The fraction of sp³-hybridized carbons (Fsp3) is 0.625. The van der Waals surface area contributed by atoms with Gasteiger partial charge in [-0.3, -0.25) is 4.79 Å². The molecule has 0 bridgehead atoms. The summed E-state index contributed by atoms with van der Waals surface area (Å²) < 4.78 is 0. The maximum Gasteiger partial charge on any atom is 0.303 e. The molecule has 2 heteroatoms. The smallest absolute Gasteiger partial charge is 0.303 e. The van der Waals surface area contributed by atoms with Crippen LogP contribution in [-0.2, 0) is 4.79 Å². The van der Waals surface area contributed by atoms with Crippen LogP contribution in [0.15, 0.2) is 12.2 Å². The highest BCUT2D eigenvalue weighted by Gasteiger charge is 2.20. The van der Waals surface area contributed by atoms with Crippen molar-refractivity contribution in [2.45, 2.75) is 19.8 Å². The minimum atomic E-state index is -0.680. The number of rotatable bonds is 2. The van der Waals surface area contributed by atoms with Gasteiger partial charge in [-0.2, -0.15) is 0 Å². The average molecular weight is 140 g/mol. The van der Waals surface area contributed by atoms with E-state index in [9.17, 15) is 4.79 Å². The molecule has 0 saturated carbocycles. The highest BCUT2D eigenvalue weighted by molar-refractivity contribution is 5.67. The molecule has 0 fully saturated rings. The highest BCUT2D eigenvalue weighted by atomic mass is 16.4. The molecule has 0 aliphatic heterocycles. The van der Waals surface area contributed by atoms with Gasteiger partial charge in [0.15, 0.2) is 0 Å². The van der Waals surface area contributed by atoms with Crippen molar-refractivity contribution in [2.75, 3.05) is 0 Å². The highest BCUT2D eigenvalue weighted by Crippen LogP contribution is 2.27. The van der Waals surface area contributed by atoms with Crippen LogP contribution in [-0.4, -0.2) is 11.1 Å². The Morgan fingerprint density at radius 2 is 2.50 bits per heavy atom. The first-order valence-corrected chi connectivity index (χ1v) is 3.58. The Hall–Kier alpha value is -0.790. The first kappa shape index (κ1) is 7.32. The Labute approximate surface area is 60.6 Å². The molecule has 0 radical (unpaired) electrons. The third-order valence-corrected chi connectivity index (χ3v) is 2.06. The minimum Gasteiger partial charge on any atom is -0.481 e. The Bertz CT molecular complexity index is 161. The Balaban J connectivity index is 2.37. The SMILES string of the molecule is CC1C=CCC1CC(=O)O. The zero-order valence-electron chi connectivity index (χ0n) is 6.08. The van der Waals surface area contributed by atoms with Crippen molar-refractivity contribution in [1.29, 1.82) is 0 Å². The Kier molecular flexibility index (Phi) is 2.10. The molecule has 2 nitrogen and oxygen atoms in total. The van der Waals surface area contributed by atoms with Gasteiger partial charge < -0.3 is 5.11 Å². The molecular formula is C8H12O2. The first-order valence-electron chi connectivity index (χ1n) is 3.58. The number of carbonyl (C=O) groups is 1. The van der Waals surface area contributed by atoms with Crippen molar-refractivity contribution < 1.29 is 9.90 Å². The summed E-state index contributed by atoms with van der Waals surface area (Å²) in [4.78, 5) is 10.3. The summed E-state index contributed by atoms with van der Waals surface area (Å²) in [7, 11) is 0. The van der Waals surface area contributed by atoms with E-state index in [0.717, 1.165) is 6.42 Å². The van der Waals surface area contributed by atoms with E-state index >= 15 is 0 Å². The summed E-state index contributed by atoms with van der Waals surface area (Å²) in [6.07, 6.45) is 5.41. The quantitative estimate of drug-likeness (QED) is 0.592. The van der Waals surface area contributed by atoms with Crippen molar-refractivity contribution in [3.8, 4) is 0 Å². The van der Waals surface area contributed by atoms with Gasteiger partial charge in [-0.1, -0.05) is 19.1 Å². The normalized spacial score (nSPS) is 30.9. The molecule has 10 heavy (non-hydrogen) atoms. The number of hydrogen-bond acceptors (Lipinski definition) is 1. The van der Waals surface area contributed by atoms with Gasteiger partial charge >= 0.3 is 5.97 Å². The molecule has 1 aliphatic rings. The number of aliphatic carboxylic acids is 1. The van der Waals surface area contributed by atoms with E-state index < -0.39 is 5.97 Å². The van der Waals surface area contributed by atoms with Crippen LogP contribution in [0.2, 0.25) is 0 Å². The van der Waals surface area contributed by atoms with Crippen molar-refractivity contribution >= 4 is 5.97 Å². The second-order valence-corrected chi connectivity index (χ2v) is 2.88. The summed E-state index contributed by atoms with van der Waals surface area (Å²) in [5, 5.41) is 8.46. The van der Waals surface area contributed by atoms with E-state index in [4.69, 9.17) is 5.11 Å². The molecule has 1 rings (SSSR count). The minimum absolute atomic E-state index is 0.314. The molecular weight excluding hydrogens is 128 g/mol. The monoisotopic (exact) mass is 140 g/mol. The lowest BCUT2D eigenvalue weighted by Crippen LogP contribution is -2.10. The van der Waals surface area contributed by atoms with E-state index in [1.165, 1.54) is 0 Å². The molecule has 0 amide bonds. The molecule has 2 unspecified atom stereocenters. The summed E-state index contributed by atoms with van der Waals surface area (Å²) in [6, 6.07) is 0. The van der Waals surface area contributed by atoms with Gasteiger partial charge in [0.05, 0.1) is 0 Å². The summed E-state index contributed by atoms with van der Waals surface area (Å²) in [5.41, 5.74) is 0. The van der Waals surface area contributed by atoms with Gasteiger partial charge in [0.1, 0.15) is 0 Å². The molecule has 2 atom stereocenters. The predicted molar refractivity (Wildman–Crippen MR) is 38.7 cm³/mol. The number of hydrogen-bond donors (Lipinski definition) is 1. The third kappa shape index (κ3) is 1.59. The van der Waals surface area contributed by atoms with Crippen molar-refractivity contribution in [3.05, 3.63) is 12.2 Å². The van der Waals surface area contributed by atoms with Crippen molar-refractivity contribution in [3.63, 3.8) is 0 Å². The maximum atomic E-state index is 10.3. The zero-order chi connectivity index (χ0) is 7.56. The van der Waals surface area contributed by atoms with Crippen LogP contribution in [0.3, 0.4) is 0 Å². The maximum absolute atomic E-state index is 10.3. The lowest BCUT2D eigenvalue weighted by molar-refractivity contribution is -0.138. The van der Waals surface area contributed by atoms with Crippen LogP contribution in [0, 0.1) is 11.8 Å². The van der Waals surface area contributed by atoms with Crippen molar-refractivity contribution in [1.82, 2.24) is 0 Å². The topological polar surface area (TPSA) is 37.3 Å². The van der Waals surface area contributed by atoms with Crippen LogP contribution in [0.4, 0.5) is 0 Å². The molecule has 0 aromatic heterocycles. The zero-order valence-corrected chi connectivity index (χ0v) is 6.08. The Morgan fingerprint density at radius 3 is 2.90 bits per heavy atom. The van der Waals surface area contributed by atoms with E-state index in [2.05, 4.69) is 19.1 Å². The predicted octanol–water partition coefficient (Wildman–Crippen LogP) is 1.67. The van der Waals surface area contributed by atoms with E-state index in [-0.39, 0.29) is 0 Å². The van der Waals surface area contributed by atoms with Crippen LogP contribution < -0.4 is 0 Å². The van der Waals surface area contributed by atoms with Gasteiger partial charge in [0.2, 0.25) is 0 Å². The van der Waals surface area contributed by atoms with Crippen molar-refractivity contribution in [2.24, 2.45) is 11.8 Å². The summed E-state index contributed by atoms with van der Waals surface area (Å²) >= 11 is 0. The first-order chi connectivity index (χ1) is 4.70. The molecule has 0 aromatic carbocycles. The van der Waals surface area contributed by atoms with Crippen LogP contribution in [0.1, 0.15) is 19.8 Å². The Morgan fingerprint density at radius 1 is 1.80 bits per heavy atom. The van der Waals surface area contributed by atoms with Crippen LogP contribution in [0.5, 0.6) is 0 Å². The van der Waals surface area contributed by atoms with Gasteiger partial charge in [0.25, 0.3) is 0 Å². The van der Waals surface area contributed by atoms with Gasteiger partial charge in [0, 0.05) is 6.42 Å². The van der Waals surface area contributed by atoms with Gasteiger partial charge in [-0.05, 0) is 18.3 Å². The second kappa shape index (κ2) is 2.86. The fourth-order valence-corrected chi connectivity index (χ4v) is 1.33. The number of carboxylic acid groups (broad SMARTS) is 1. The van der Waals surface area contributed by atoms with Gasteiger partial charge in [-0.25, -0.2) is 0 Å². The summed E-state index contributed by atoms with van der Waals surface area (Å²) in [6.45, 7) is 2.07. The van der Waals surface area contributed by atoms with Crippen LogP contribution in [0.25, 0.3) is 0 Å². The number of allylic oxidation sites excluding steroid dienone is 2. The van der Waals surface area contributed by atoms with Crippen LogP contribution >= 0.6 is 0 Å².